The lowest BCUT2D eigenvalue weighted by atomic mass is 10.1. The van der Waals surface area contributed by atoms with E-state index in [1.807, 2.05) is 42.5 Å². The van der Waals surface area contributed by atoms with E-state index < -0.39 is 6.10 Å². The third-order valence-electron chi connectivity index (χ3n) is 3.90. The SMILES string of the molecule is O=C(NC[C@@H](O)COCC1CC1)Nc1cccc2ccccc12. The highest BCUT2D eigenvalue weighted by molar-refractivity contribution is 6.01. The molecular formula is C18H22N2O3. The molecule has 1 fully saturated rings. The lowest BCUT2D eigenvalue weighted by Crippen LogP contribution is -2.37. The van der Waals surface area contributed by atoms with Gasteiger partial charge in [-0.2, -0.15) is 0 Å². The van der Waals surface area contributed by atoms with Gasteiger partial charge in [0.15, 0.2) is 0 Å². The van der Waals surface area contributed by atoms with Gasteiger partial charge in [0.25, 0.3) is 0 Å². The molecule has 0 aliphatic heterocycles. The first kappa shape index (κ1) is 15.8. The molecule has 5 heteroatoms. The van der Waals surface area contributed by atoms with Crippen LogP contribution in [-0.2, 0) is 4.74 Å². The predicted molar refractivity (Wildman–Crippen MR) is 90.5 cm³/mol. The maximum atomic E-state index is 12.0. The molecule has 3 rings (SSSR count). The molecule has 122 valence electrons. The van der Waals surface area contributed by atoms with Crippen molar-refractivity contribution >= 4 is 22.5 Å². The van der Waals surface area contributed by atoms with Crippen molar-refractivity contribution in [3.05, 3.63) is 42.5 Å². The number of fused-ring (bicyclic) bond motifs is 1. The largest absolute Gasteiger partial charge is 0.389 e. The molecule has 2 aromatic carbocycles. The number of carbonyl (C=O) groups is 1. The summed E-state index contributed by atoms with van der Waals surface area (Å²) in [6.07, 6.45) is 1.76. The Bertz CT molecular complexity index is 665. The fourth-order valence-corrected chi connectivity index (χ4v) is 2.43. The van der Waals surface area contributed by atoms with Crippen molar-refractivity contribution in [1.82, 2.24) is 5.32 Å². The van der Waals surface area contributed by atoms with E-state index >= 15 is 0 Å². The Labute approximate surface area is 135 Å². The Morgan fingerprint density at radius 1 is 1.22 bits per heavy atom. The first-order chi connectivity index (χ1) is 11.2. The summed E-state index contributed by atoms with van der Waals surface area (Å²) in [5.74, 6) is 0.671. The smallest absolute Gasteiger partial charge is 0.319 e. The molecule has 0 radical (unpaired) electrons. The zero-order valence-electron chi connectivity index (χ0n) is 13.0. The van der Waals surface area contributed by atoms with Crippen LogP contribution >= 0.6 is 0 Å². The van der Waals surface area contributed by atoms with E-state index in [0.717, 1.165) is 16.5 Å². The van der Waals surface area contributed by atoms with Crippen molar-refractivity contribution in [2.24, 2.45) is 5.92 Å². The molecule has 1 aliphatic carbocycles. The van der Waals surface area contributed by atoms with Gasteiger partial charge in [0.05, 0.1) is 18.4 Å². The molecule has 0 unspecified atom stereocenters. The van der Waals surface area contributed by atoms with Crippen LogP contribution in [-0.4, -0.2) is 37.0 Å². The summed E-state index contributed by atoms with van der Waals surface area (Å²) in [4.78, 5) is 12.0. The van der Waals surface area contributed by atoms with Crippen LogP contribution < -0.4 is 10.6 Å². The molecule has 2 aromatic rings. The van der Waals surface area contributed by atoms with E-state index in [0.29, 0.717) is 12.5 Å². The fraction of sp³-hybridized carbons (Fsp3) is 0.389. The van der Waals surface area contributed by atoms with E-state index in [-0.39, 0.29) is 19.2 Å². The molecule has 0 aromatic heterocycles. The topological polar surface area (TPSA) is 70.6 Å². The molecular weight excluding hydrogens is 292 g/mol. The van der Waals surface area contributed by atoms with Gasteiger partial charge in [-0.3, -0.25) is 0 Å². The van der Waals surface area contributed by atoms with Gasteiger partial charge in [-0.1, -0.05) is 36.4 Å². The number of urea groups is 1. The Morgan fingerprint density at radius 2 is 2.00 bits per heavy atom. The molecule has 0 bridgehead atoms. The number of hydrogen-bond donors (Lipinski definition) is 3. The zero-order valence-corrected chi connectivity index (χ0v) is 13.0. The Morgan fingerprint density at radius 3 is 2.83 bits per heavy atom. The Balaban J connectivity index is 1.46. The van der Waals surface area contributed by atoms with Crippen LogP contribution in [0.15, 0.2) is 42.5 Å². The third-order valence-corrected chi connectivity index (χ3v) is 3.90. The van der Waals surface area contributed by atoms with Gasteiger partial charge in [-0.05, 0) is 30.2 Å². The standard InChI is InChI=1S/C18H22N2O3/c21-15(12-23-11-13-8-9-13)10-19-18(22)20-17-7-3-5-14-4-1-2-6-16(14)17/h1-7,13,15,21H,8-12H2,(H2,19,20,22)/t15-/m1/s1. The monoisotopic (exact) mass is 314 g/mol. The number of ether oxygens (including phenoxy) is 1. The van der Waals surface area contributed by atoms with Gasteiger partial charge in [-0.15, -0.1) is 0 Å². The highest BCUT2D eigenvalue weighted by Gasteiger charge is 2.21. The number of hydrogen-bond acceptors (Lipinski definition) is 3. The minimum Gasteiger partial charge on any atom is -0.389 e. The number of aliphatic hydroxyl groups excluding tert-OH is 1. The summed E-state index contributed by atoms with van der Waals surface area (Å²) in [6, 6.07) is 13.3. The van der Waals surface area contributed by atoms with Crippen molar-refractivity contribution in [3.8, 4) is 0 Å². The average molecular weight is 314 g/mol. The minimum atomic E-state index is -0.688. The van der Waals surface area contributed by atoms with Crippen LogP contribution in [0.1, 0.15) is 12.8 Å². The van der Waals surface area contributed by atoms with Gasteiger partial charge in [-0.25, -0.2) is 4.79 Å². The van der Waals surface area contributed by atoms with E-state index in [9.17, 15) is 9.90 Å². The van der Waals surface area contributed by atoms with Crippen LogP contribution in [0.3, 0.4) is 0 Å². The van der Waals surface area contributed by atoms with Crippen LogP contribution in [0.25, 0.3) is 10.8 Å². The van der Waals surface area contributed by atoms with E-state index in [1.54, 1.807) is 0 Å². The second-order valence-corrected chi connectivity index (χ2v) is 6.00. The number of carbonyl (C=O) groups excluding carboxylic acids is 1. The Hall–Kier alpha value is -2.11. The first-order valence-corrected chi connectivity index (χ1v) is 8.01. The van der Waals surface area contributed by atoms with Gasteiger partial charge < -0.3 is 20.5 Å². The van der Waals surface area contributed by atoms with Gasteiger partial charge in [0.2, 0.25) is 0 Å². The van der Waals surface area contributed by atoms with Crippen LogP contribution in [0.5, 0.6) is 0 Å². The van der Waals surface area contributed by atoms with Gasteiger partial charge in [0.1, 0.15) is 0 Å². The highest BCUT2D eigenvalue weighted by Crippen LogP contribution is 2.28. The molecule has 1 saturated carbocycles. The molecule has 1 atom stereocenters. The maximum Gasteiger partial charge on any atom is 0.319 e. The van der Waals surface area contributed by atoms with Gasteiger partial charge >= 0.3 is 6.03 Å². The van der Waals surface area contributed by atoms with Crippen molar-refractivity contribution < 1.29 is 14.6 Å². The number of aliphatic hydroxyl groups is 1. The number of anilines is 1. The van der Waals surface area contributed by atoms with Crippen molar-refractivity contribution in [2.75, 3.05) is 25.1 Å². The quantitative estimate of drug-likeness (QED) is 0.736. The summed E-state index contributed by atoms with van der Waals surface area (Å²) in [5.41, 5.74) is 0.750. The molecule has 3 N–H and O–H groups in total. The van der Waals surface area contributed by atoms with Gasteiger partial charge in [0, 0.05) is 18.5 Å². The number of rotatable bonds is 7. The summed E-state index contributed by atoms with van der Waals surface area (Å²) < 4.78 is 5.41. The highest BCUT2D eigenvalue weighted by atomic mass is 16.5. The van der Waals surface area contributed by atoms with Crippen molar-refractivity contribution in [2.45, 2.75) is 18.9 Å². The van der Waals surface area contributed by atoms with Crippen LogP contribution in [0.4, 0.5) is 10.5 Å². The first-order valence-electron chi connectivity index (χ1n) is 8.01. The molecule has 5 nitrogen and oxygen atoms in total. The van der Waals surface area contributed by atoms with E-state index in [2.05, 4.69) is 10.6 Å². The van der Waals surface area contributed by atoms with Crippen molar-refractivity contribution in [3.63, 3.8) is 0 Å². The molecule has 23 heavy (non-hydrogen) atoms. The summed E-state index contributed by atoms with van der Waals surface area (Å²) in [6.45, 7) is 1.13. The molecule has 0 spiro atoms. The lowest BCUT2D eigenvalue weighted by Gasteiger charge is -2.14. The third kappa shape index (κ3) is 4.68. The molecule has 2 amide bonds. The normalized spacial score (nSPS) is 15.3. The lowest BCUT2D eigenvalue weighted by molar-refractivity contribution is 0.0339. The van der Waals surface area contributed by atoms with Crippen LogP contribution in [0, 0.1) is 5.92 Å². The van der Waals surface area contributed by atoms with E-state index in [1.165, 1.54) is 12.8 Å². The zero-order chi connectivity index (χ0) is 16.1. The van der Waals surface area contributed by atoms with Crippen LogP contribution in [0.2, 0.25) is 0 Å². The minimum absolute atomic E-state index is 0.168. The number of nitrogens with one attached hydrogen (secondary N) is 2. The fourth-order valence-electron chi connectivity index (χ4n) is 2.43. The average Bonchev–Trinajstić information content (AvgIpc) is 3.38. The Kier molecular flexibility index (Phi) is 5.10. The number of amides is 2. The molecule has 0 saturated heterocycles. The molecule has 0 heterocycles. The summed E-state index contributed by atoms with van der Waals surface area (Å²) >= 11 is 0. The van der Waals surface area contributed by atoms with Crippen molar-refractivity contribution in [1.29, 1.82) is 0 Å². The predicted octanol–water partition coefficient (Wildman–Crippen LogP) is 2.75. The maximum absolute atomic E-state index is 12.0. The summed E-state index contributed by atoms with van der Waals surface area (Å²) in [5, 5.41) is 17.3. The second-order valence-electron chi connectivity index (χ2n) is 6.00. The number of benzene rings is 2. The second kappa shape index (κ2) is 7.44. The summed E-state index contributed by atoms with van der Waals surface area (Å²) in [7, 11) is 0. The molecule has 1 aliphatic rings. The van der Waals surface area contributed by atoms with E-state index in [4.69, 9.17) is 4.74 Å².